The summed E-state index contributed by atoms with van der Waals surface area (Å²) in [5.41, 5.74) is 3.98. The fourth-order valence-electron chi connectivity index (χ4n) is 4.16. The third-order valence-corrected chi connectivity index (χ3v) is 5.28. The van der Waals surface area contributed by atoms with Crippen LogP contribution >= 0.6 is 0 Å². The quantitative estimate of drug-likeness (QED) is 0.808. The summed E-state index contributed by atoms with van der Waals surface area (Å²) in [6.45, 7) is 6.89. The summed E-state index contributed by atoms with van der Waals surface area (Å²) in [7, 11) is 3.45. The van der Waals surface area contributed by atoms with Crippen molar-refractivity contribution >= 4 is 0 Å². The number of methoxy groups -OCH3 is 2. The Bertz CT molecular complexity index is 698. The molecular formula is C21H27NO2. The second kappa shape index (κ2) is 6.86. The predicted molar refractivity (Wildman–Crippen MR) is 97.8 cm³/mol. The summed E-state index contributed by atoms with van der Waals surface area (Å²) in [4.78, 5) is 2.59. The van der Waals surface area contributed by atoms with Crippen LogP contribution in [0.4, 0.5) is 0 Å². The van der Waals surface area contributed by atoms with E-state index in [1.165, 1.54) is 16.7 Å². The van der Waals surface area contributed by atoms with Crippen molar-refractivity contribution < 1.29 is 9.47 Å². The largest absolute Gasteiger partial charge is 0.497 e. The lowest BCUT2D eigenvalue weighted by Gasteiger charge is -2.44. The highest BCUT2D eigenvalue weighted by atomic mass is 16.5. The van der Waals surface area contributed by atoms with E-state index in [1.807, 2.05) is 6.07 Å². The summed E-state index contributed by atoms with van der Waals surface area (Å²) in [6.07, 6.45) is 1.00. The topological polar surface area (TPSA) is 21.7 Å². The zero-order valence-electron chi connectivity index (χ0n) is 15.2. The standard InChI is InChI=1S/C21H27NO2/c1-14-11-18-12-19(23-4)13-20(24-5)21(18)16(3)22(14)15(2)17-9-7-6-8-10-17/h6-10,12-16H,11H2,1-5H3/t14-,15+,16-/m1/s1. The minimum atomic E-state index is 0.291. The van der Waals surface area contributed by atoms with Crippen LogP contribution in [-0.4, -0.2) is 25.2 Å². The molecule has 2 aromatic carbocycles. The van der Waals surface area contributed by atoms with Gasteiger partial charge in [0.25, 0.3) is 0 Å². The summed E-state index contributed by atoms with van der Waals surface area (Å²) >= 11 is 0. The van der Waals surface area contributed by atoms with E-state index in [2.05, 4.69) is 62.1 Å². The Morgan fingerprint density at radius 3 is 2.38 bits per heavy atom. The molecule has 0 amide bonds. The molecule has 0 aromatic heterocycles. The van der Waals surface area contributed by atoms with Crippen molar-refractivity contribution in [3.05, 3.63) is 59.2 Å². The monoisotopic (exact) mass is 325 g/mol. The molecule has 1 aliphatic rings. The molecule has 0 spiro atoms. The first-order valence-corrected chi connectivity index (χ1v) is 8.64. The fourth-order valence-corrected chi connectivity index (χ4v) is 4.16. The maximum Gasteiger partial charge on any atom is 0.127 e. The van der Waals surface area contributed by atoms with Gasteiger partial charge in [-0.3, -0.25) is 4.90 Å². The van der Waals surface area contributed by atoms with Crippen molar-refractivity contribution in [3.63, 3.8) is 0 Å². The Labute approximate surface area is 145 Å². The second-order valence-corrected chi connectivity index (χ2v) is 6.67. The van der Waals surface area contributed by atoms with Gasteiger partial charge >= 0.3 is 0 Å². The lowest BCUT2D eigenvalue weighted by molar-refractivity contribution is 0.0883. The number of nitrogens with zero attached hydrogens (tertiary/aromatic N) is 1. The van der Waals surface area contributed by atoms with Crippen LogP contribution in [0.5, 0.6) is 11.5 Å². The molecule has 1 heterocycles. The normalized spacial score (nSPS) is 21.9. The molecule has 0 unspecified atom stereocenters. The SMILES string of the molecule is COc1cc2c(c(OC)c1)[C@@H](C)N([C@@H](C)c1ccccc1)[C@H](C)C2. The molecule has 0 N–H and O–H groups in total. The Morgan fingerprint density at radius 2 is 1.75 bits per heavy atom. The number of fused-ring (bicyclic) bond motifs is 1. The molecule has 24 heavy (non-hydrogen) atoms. The smallest absolute Gasteiger partial charge is 0.127 e. The van der Waals surface area contributed by atoms with Gasteiger partial charge in [-0.25, -0.2) is 0 Å². The van der Waals surface area contributed by atoms with Gasteiger partial charge in [-0.05, 0) is 44.4 Å². The van der Waals surface area contributed by atoms with Crippen LogP contribution in [0.2, 0.25) is 0 Å². The van der Waals surface area contributed by atoms with Gasteiger partial charge in [-0.1, -0.05) is 30.3 Å². The predicted octanol–water partition coefficient (Wildman–Crippen LogP) is 4.77. The van der Waals surface area contributed by atoms with Crippen LogP contribution < -0.4 is 9.47 Å². The van der Waals surface area contributed by atoms with Gasteiger partial charge in [0, 0.05) is 29.8 Å². The Balaban J connectivity index is 2.02. The zero-order valence-corrected chi connectivity index (χ0v) is 15.2. The van der Waals surface area contributed by atoms with Gasteiger partial charge in [-0.2, -0.15) is 0 Å². The number of hydrogen-bond donors (Lipinski definition) is 0. The van der Waals surface area contributed by atoms with E-state index in [9.17, 15) is 0 Å². The molecule has 0 radical (unpaired) electrons. The average molecular weight is 325 g/mol. The molecule has 0 saturated heterocycles. The van der Waals surface area contributed by atoms with Gasteiger partial charge in [0.15, 0.2) is 0 Å². The van der Waals surface area contributed by atoms with E-state index in [1.54, 1.807) is 14.2 Å². The number of benzene rings is 2. The van der Waals surface area contributed by atoms with E-state index < -0.39 is 0 Å². The van der Waals surface area contributed by atoms with Crippen LogP contribution in [0.1, 0.15) is 49.5 Å². The average Bonchev–Trinajstić information content (AvgIpc) is 2.61. The number of ether oxygens (including phenoxy) is 2. The Morgan fingerprint density at radius 1 is 1.04 bits per heavy atom. The highest BCUT2D eigenvalue weighted by Gasteiger charge is 2.35. The molecule has 0 bridgehead atoms. The van der Waals surface area contributed by atoms with E-state index in [0.29, 0.717) is 18.1 Å². The lowest BCUT2D eigenvalue weighted by atomic mass is 9.86. The molecular weight excluding hydrogens is 298 g/mol. The number of hydrogen-bond acceptors (Lipinski definition) is 3. The van der Waals surface area contributed by atoms with Crippen LogP contribution in [0.3, 0.4) is 0 Å². The van der Waals surface area contributed by atoms with E-state index in [-0.39, 0.29) is 0 Å². The molecule has 3 atom stereocenters. The molecule has 1 aliphatic heterocycles. The van der Waals surface area contributed by atoms with Crippen molar-refractivity contribution in [3.8, 4) is 11.5 Å². The zero-order chi connectivity index (χ0) is 17.3. The van der Waals surface area contributed by atoms with Crippen molar-refractivity contribution in [2.24, 2.45) is 0 Å². The molecule has 3 heteroatoms. The van der Waals surface area contributed by atoms with Crippen LogP contribution in [0.15, 0.2) is 42.5 Å². The highest BCUT2D eigenvalue weighted by molar-refractivity contribution is 5.50. The minimum Gasteiger partial charge on any atom is -0.497 e. The molecule has 128 valence electrons. The molecule has 0 aliphatic carbocycles. The van der Waals surface area contributed by atoms with Crippen LogP contribution in [0, 0.1) is 0 Å². The van der Waals surface area contributed by atoms with Crippen molar-refractivity contribution in [1.82, 2.24) is 4.90 Å². The summed E-state index contributed by atoms with van der Waals surface area (Å²) < 4.78 is 11.1. The minimum absolute atomic E-state index is 0.291. The summed E-state index contributed by atoms with van der Waals surface area (Å²) in [5, 5.41) is 0. The number of rotatable bonds is 4. The fraction of sp³-hybridized carbons (Fsp3) is 0.429. The van der Waals surface area contributed by atoms with Crippen molar-refractivity contribution in [1.29, 1.82) is 0 Å². The van der Waals surface area contributed by atoms with Gasteiger partial charge < -0.3 is 9.47 Å². The van der Waals surface area contributed by atoms with E-state index >= 15 is 0 Å². The Kier molecular flexibility index (Phi) is 4.81. The van der Waals surface area contributed by atoms with Crippen molar-refractivity contribution in [2.75, 3.05) is 14.2 Å². The van der Waals surface area contributed by atoms with Crippen LogP contribution in [-0.2, 0) is 6.42 Å². The van der Waals surface area contributed by atoms with Gasteiger partial charge in [0.1, 0.15) is 11.5 Å². The maximum atomic E-state index is 5.69. The van der Waals surface area contributed by atoms with E-state index in [4.69, 9.17) is 9.47 Å². The summed E-state index contributed by atoms with van der Waals surface area (Å²) in [6, 6.07) is 16.0. The van der Waals surface area contributed by atoms with Crippen LogP contribution in [0.25, 0.3) is 0 Å². The van der Waals surface area contributed by atoms with Gasteiger partial charge in [0.05, 0.1) is 14.2 Å². The highest BCUT2D eigenvalue weighted by Crippen LogP contribution is 2.44. The molecule has 2 aromatic rings. The maximum absolute atomic E-state index is 5.69. The van der Waals surface area contributed by atoms with Crippen molar-refractivity contribution in [2.45, 2.75) is 45.3 Å². The van der Waals surface area contributed by atoms with Gasteiger partial charge in [-0.15, -0.1) is 0 Å². The molecule has 0 fully saturated rings. The Hall–Kier alpha value is -2.00. The third kappa shape index (κ3) is 2.89. The molecule has 0 saturated carbocycles. The first kappa shape index (κ1) is 16.8. The van der Waals surface area contributed by atoms with E-state index in [0.717, 1.165) is 17.9 Å². The molecule has 3 rings (SSSR count). The summed E-state index contributed by atoms with van der Waals surface area (Å²) in [5.74, 6) is 1.79. The molecule has 3 nitrogen and oxygen atoms in total. The third-order valence-electron chi connectivity index (χ3n) is 5.28. The first-order chi connectivity index (χ1) is 11.6. The lowest BCUT2D eigenvalue weighted by Crippen LogP contribution is -2.42. The first-order valence-electron chi connectivity index (χ1n) is 8.64. The van der Waals surface area contributed by atoms with Gasteiger partial charge in [0.2, 0.25) is 0 Å². The second-order valence-electron chi connectivity index (χ2n) is 6.67.